The van der Waals surface area contributed by atoms with Crippen molar-refractivity contribution in [2.75, 3.05) is 13.1 Å². The summed E-state index contributed by atoms with van der Waals surface area (Å²) >= 11 is 0. The van der Waals surface area contributed by atoms with Crippen LogP contribution in [0.15, 0.2) is 6.20 Å². The van der Waals surface area contributed by atoms with Crippen molar-refractivity contribution in [2.45, 2.75) is 65.5 Å². The minimum absolute atomic E-state index is 0.706. The molecule has 0 spiro atoms. The maximum Gasteiger partial charge on any atom is 0.109 e. The summed E-state index contributed by atoms with van der Waals surface area (Å²) in [5, 5.41) is 0. The predicted molar refractivity (Wildman–Crippen MR) is 82.8 cm³/mol. The highest BCUT2D eigenvalue weighted by molar-refractivity contribution is 5.08. The fourth-order valence-corrected chi connectivity index (χ4v) is 3.71. The highest BCUT2D eigenvalue weighted by Gasteiger charge is 2.23. The van der Waals surface area contributed by atoms with Crippen LogP contribution in [0.25, 0.3) is 0 Å². The average Bonchev–Trinajstić information content (AvgIpc) is 2.80. The van der Waals surface area contributed by atoms with Crippen molar-refractivity contribution < 1.29 is 0 Å². The number of imidazole rings is 1. The van der Waals surface area contributed by atoms with E-state index in [9.17, 15) is 0 Å². The molecule has 0 aliphatic carbocycles. The molecule has 1 fully saturated rings. The first-order valence-corrected chi connectivity index (χ1v) is 8.40. The normalized spacial score (nSPS) is 25.1. The number of aromatic nitrogens is 2. The molecule has 0 N–H and O–H groups in total. The van der Waals surface area contributed by atoms with Gasteiger partial charge in [0.25, 0.3) is 0 Å². The Morgan fingerprint density at radius 2 is 1.95 bits per heavy atom. The van der Waals surface area contributed by atoms with Crippen molar-refractivity contribution in [1.29, 1.82) is 0 Å². The summed E-state index contributed by atoms with van der Waals surface area (Å²) in [5.41, 5.74) is 1.34. The summed E-state index contributed by atoms with van der Waals surface area (Å²) in [7, 11) is 0. The van der Waals surface area contributed by atoms with Crippen molar-refractivity contribution in [3.63, 3.8) is 0 Å². The Morgan fingerprint density at radius 3 is 2.65 bits per heavy atom. The average molecular weight is 275 g/mol. The summed E-state index contributed by atoms with van der Waals surface area (Å²) < 4.78 is 2.40. The molecule has 1 saturated heterocycles. The van der Waals surface area contributed by atoms with Gasteiger partial charge < -0.3 is 9.47 Å². The number of piperidine rings is 1. The Balaban J connectivity index is 1.57. The maximum absolute atomic E-state index is 4.90. The van der Waals surface area contributed by atoms with Crippen LogP contribution < -0.4 is 0 Å². The lowest BCUT2D eigenvalue weighted by Crippen LogP contribution is -2.38. The highest BCUT2D eigenvalue weighted by atomic mass is 15.1. The summed E-state index contributed by atoms with van der Waals surface area (Å²) in [5.74, 6) is 2.99. The molecule has 1 atom stereocenters. The number of rotatable bonds is 3. The number of nitrogens with zero attached hydrogens (tertiary/aromatic N) is 3. The van der Waals surface area contributed by atoms with Gasteiger partial charge in [0.1, 0.15) is 5.82 Å². The lowest BCUT2D eigenvalue weighted by molar-refractivity contribution is 0.149. The SMILES string of the molecule is CC1CCn2cc(CC3CCN(C(C)C)CC3)nc2C1. The number of hydrogen-bond donors (Lipinski definition) is 0. The van der Waals surface area contributed by atoms with Crippen LogP contribution in [0.5, 0.6) is 0 Å². The first-order valence-electron chi connectivity index (χ1n) is 8.40. The van der Waals surface area contributed by atoms with Crippen LogP contribution in [0.2, 0.25) is 0 Å². The summed E-state index contributed by atoms with van der Waals surface area (Å²) in [6, 6.07) is 0.706. The Hall–Kier alpha value is -0.830. The molecular formula is C17H29N3. The molecule has 0 radical (unpaired) electrons. The van der Waals surface area contributed by atoms with Crippen LogP contribution >= 0.6 is 0 Å². The van der Waals surface area contributed by atoms with Crippen molar-refractivity contribution >= 4 is 0 Å². The molecule has 2 aliphatic heterocycles. The maximum atomic E-state index is 4.90. The molecule has 1 unspecified atom stereocenters. The minimum Gasteiger partial charge on any atom is -0.335 e. The van der Waals surface area contributed by atoms with Gasteiger partial charge in [-0.25, -0.2) is 4.98 Å². The van der Waals surface area contributed by atoms with E-state index in [1.807, 2.05) is 0 Å². The fraction of sp³-hybridized carbons (Fsp3) is 0.824. The van der Waals surface area contributed by atoms with Gasteiger partial charge in [-0.1, -0.05) is 6.92 Å². The van der Waals surface area contributed by atoms with E-state index in [0.717, 1.165) is 11.8 Å². The van der Waals surface area contributed by atoms with Crippen molar-refractivity contribution in [3.8, 4) is 0 Å². The Labute approximate surface area is 123 Å². The predicted octanol–water partition coefficient (Wildman–Crippen LogP) is 3.13. The van der Waals surface area contributed by atoms with Crippen LogP contribution in [0.1, 0.15) is 51.6 Å². The van der Waals surface area contributed by atoms with Crippen LogP contribution in [0.3, 0.4) is 0 Å². The second kappa shape index (κ2) is 5.88. The molecule has 0 amide bonds. The number of hydrogen-bond acceptors (Lipinski definition) is 2. The highest BCUT2D eigenvalue weighted by Crippen LogP contribution is 2.25. The molecule has 112 valence electrons. The van der Waals surface area contributed by atoms with E-state index >= 15 is 0 Å². The van der Waals surface area contributed by atoms with E-state index in [2.05, 4.69) is 36.4 Å². The van der Waals surface area contributed by atoms with Gasteiger partial charge >= 0.3 is 0 Å². The summed E-state index contributed by atoms with van der Waals surface area (Å²) in [4.78, 5) is 7.51. The van der Waals surface area contributed by atoms with Crippen LogP contribution in [0.4, 0.5) is 0 Å². The zero-order valence-corrected chi connectivity index (χ0v) is 13.3. The standard InChI is InChI=1S/C17H29N3/c1-13(2)19-8-5-15(6-9-19)11-16-12-20-7-4-14(3)10-17(20)18-16/h12-15H,4-11H2,1-3H3. The van der Waals surface area contributed by atoms with E-state index < -0.39 is 0 Å². The molecule has 3 heterocycles. The van der Waals surface area contributed by atoms with Crippen molar-refractivity contribution in [3.05, 3.63) is 17.7 Å². The zero-order chi connectivity index (χ0) is 14.1. The van der Waals surface area contributed by atoms with E-state index in [0.29, 0.717) is 6.04 Å². The third kappa shape index (κ3) is 3.08. The molecule has 3 rings (SSSR count). The zero-order valence-electron chi connectivity index (χ0n) is 13.3. The molecule has 0 aromatic carbocycles. The number of aryl methyl sites for hydroxylation is 1. The smallest absolute Gasteiger partial charge is 0.109 e. The lowest BCUT2D eigenvalue weighted by atomic mass is 9.92. The first-order chi connectivity index (χ1) is 9.61. The molecule has 0 bridgehead atoms. The van der Waals surface area contributed by atoms with Gasteiger partial charge in [-0.05, 0) is 64.5 Å². The third-order valence-corrected chi connectivity index (χ3v) is 5.18. The van der Waals surface area contributed by atoms with Gasteiger partial charge in [0, 0.05) is 25.2 Å². The van der Waals surface area contributed by atoms with E-state index in [-0.39, 0.29) is 0 Å². The van der Waals surface area contributed by atoms with Crippen LogP contribution in [-0.4, -0.2) is 33.6 Å². The summed E-state index contributed by atoms with van der Waals surface area (Å²) in [6.45, 7) is 10.7. The molecule has 2 aliphatic rings. The Morgan fingerprint density at radius 1 is 1.20 bits per heavy atom. The molecule has 0 saturated carbocycles. The fourth-order valence-electron chi connectivity index (χ4n) is 3.71. The molecule has 3 nitrogen and oxygen atoms in total. The summed E-state index contributed by atoms with van der Waals surface area (Å²) in [6.07, 6.45) is 8.70. The van der Waals surface area contributed by atoms with E-state index in [1.165, 1.54) is 63.3 Å². The van der Waals surface area contributed by atoms with Gasteiger partial charge in [0.15, 0.2) is 0 Å². The number of fused-ring (bicyclic) bond motifs is 1. The first kappa shape index (κ1) is 14.1. The molecule has 20 heavy (non-hydrogen) atoms. The van der Waals surface area contributed by atoms with Gasteiger partial charge in [-0.3, -0.25) is 0 Å². The Kier molecular flexibility index (Phi) is 4.16. The monoisotopic (exact) mass is 275 g/mol. The molecule has 1 aromatic heterocycles. The molecular weight excluding hydrogens is 246 g/mol. The molecule has 1 aromatic rings. The van der Waals surface area contributed by atoms with Gasteiger partial charge in [-0.15, -0.1) is 0 Å². The minimum atomic E-state index is 0.706. The number of likely N-dealkylation sites (tertiary alicyclic amines) is 1. The molecule has 3 heteroatoms. The quantitative estimate of drug-likeness (QED) is 0.845. The van der Waals surface area contributed by atoms with Crippen LogP contribution in [0, 0.1) is 11.8 Å². The largest absolute Gasteiger partial charge is 0.335 e. The Bertz CT molecular complexity index is 441. The van der Waals surface area contributed by atoms with Crippen molar-refractivity contribution in [2.24, 2.45) is 11.8 Å². The van der Waals surface area contributed by atoms with E-state index in [4.69, 9.17) is 4.98 Å². The second-order valence-corrected chi connectivity index (χ2v) is 7.22. The van der Waals surface area contributed by atoms with Gasteiger partial charge in [0.2, 0.25) is 0 Å². The van der Waals surface area contributed by atoms with E-state index in [1.54, 1.807) is 0 Å². The third-order valence-electron chi connectivity index (χ3n) is 5.18. The topological polar surface area (TPSA) is 21.1 Å². The van der Waals surface area contributed by atoms with Gasteiger partial charge in [0.05, 0.1) is 5.69 Å². The van der Waals surface area contributed by atoms with Crippen molar-refractivity contribution in [1.82, 2.24) is 14.5 Å². The second-order valence-electron chi connectivity index (χ2n) is 7.22. The lowest BCUT2D eigenvalue weighted by Gasteiger charge is -2.34. The van der Waals surface area contributed by atoms with Crippen LogP contribution in [-0.2, 0) is 19.4 Å². The van der Waals surface area contributed by atoms with Gasteiger partial charge in [-0.2, -0.15) is 0 Å².